The highest BCUT2D eigenvalue weighted by atomic mass is 16.1. The molecule has 2 aromatic heterocycles. The van der Waals surface area contributed by atoms with E-state index in [1.54, 1.807) is 4.68 Å². The number of carbonyl (C=O) groups is 1. The van der Waals surface area contributed by atoms with E-state index in [1.165, 1.54) is 19.3 Å². The highest BCUT2D eigenvalue weighted by molar-refractivity contribution is 5.92. The molecular formula is C24H27N5O. The maximum absolute atomic E-state index is 13.0. The number of amides is 1. The van der Waals surface area contributed by atoms with Crippen LogP contribution in [0.3, 0.4) is 0 Å². The molecule has 0 unspecified atom stereocenters. The van der Waals surface area contributed by atoms with E-state index in [4.69, 9.17) is 4.98 Å². The number of nitrogens with one attached hydrogen (secondary N) is 1. The molecule has 0 radical (unpaired) electrons. The van der Waals surface area contributed by atoms with Gasteiger partial charge in [-0.1, -0.05) is 42.7 Å². The maximum atomic E-state index is 13.0. The fourth-order valence-corrected chi connectivity index (χ4v) is 4.65. The summed E-state index contributed by atoms with van der Waals surface area (Å²) >= 11 is 0. The van der Waals surface area contributed by atoms with Crippen LogP contribution in [0.25, 0.3) is 23.2 Å². The van der Waals surface area contributed by atoms with E-state index in [0.717, 1.165) is 64.8 Å². The first kappa shape index (κ1) is 19.0. The Labute approximate surface area is 175 Å². The van der Waals surface area contributed by atoms with Gasteiger partial charge in [-0.2, -0.15) is 0 Å². The van der Waals surface area contributed by atoms with Gasteiger partial charge in [0.05, 0.1) is 10.9 Å². The van der Waals surface area contributed by atoms with Crippen molar-refractivity contribution >= 4 is 29.1 Å². The van der Waals surface area contributed by atoms with Crippen molar-refractivity contribution in [2.75, 3.05) is 0 Å². The number of nitrogens with zero attached hydrogens (tertiary/aromatic N) is 4. The van der Waals surface area contributed by atoms with Crippen LogP contribution in [0.5, 0.6) is 0 Å². The average molecular weight is 402 g/mol. The van der Waals surface area contributed by atoms with E-state index in [1.807, 2.05) is 13.1 Å². The van der Waals surface area contributed by atoms with Crippen LogP contribution in [-0.2, 0) is 13.5 Å². The minimum atomic E-state index is -0.0469. The van der Waals surface area contributed by atoms with Crippen LogP contribution in [0.4, 0.5) is 0 Å². The Morgan fingerprint density at radius 2 is 1.97 bits per heavy atom. The molecule has 2 aliphatic carbocycles. The van der Waals surface area contributed by atoms with Gasteiger partial charge >= 0.3 is 0 Å². The molecule has 5 rings (SSSR count). The summed E-state index contributed by atoms with van der Waals surface area (Å²) in [6, 6.07) is 8.52. The summed E-state index contributed by atoms with van der Waals surface area (Å²) < 4.78 is 1.78. The molecule has 30 heavy (non-hydrogen) atoms. The SMILES string of the molecule is Cn1nnc2cc(Cc3cc(C(=O)NC4CCCCC4)nc4c3=CCCC=4)ccc21. The predicted octanol–water partition coefficient (Wildman–Crippen LogP) is 2.37. The second kappa shape index (κ2) is 8.01. The predicted molar refractivity (Wildman–Crippen MR) is 117 cm³/mol. The van der Waals surface area contributed by atoms with Crippen LogP contribution in [0.2, 0.25) is 0 Å². The molecule has 0 saturated heterocycles. The number of carbonyl (C=O) groups excluding carboxylic acids is 1. The Balaban J connectivity index is 1.48. The molecule has 0 bridgehead atoms. The van der Waals surface area contributed by atoms with Crippen molar-refractivity contribution in [3.63, 3.8) is 0 Å². The van der Waals surface area contributed by atoms with Gasteiger partial charge in [-0.15, -0.1) is 5.10 Å². The van der Waals surface area contributed by atoms with Crippen molar-refractivity contribution < 1.29 is 4.79 Å². The van der Waals surface area contributed by atoms with Crippen molar-refractivity contribution in [1.29, 1.82) is 0 Å². The standard InChI is InChI=1S/C24H27N5O/c1-29-23-12-11-16(14-21(23)27-28-29)13-17-15-22(26-20-10-6-5-9-19(17)20)24(30)25-18-7-3-2-4-8-18/h9-12,14-15,18H,2-8,13H2,1H3,(H,25,30). The van der Waals surface area contributed by atoms with Gasteiger partial charge in [-0.25, -0.2) is 9.67 Å². The fourth-order valence-electron chi connectivity index (χ4n) is 4.65. The van der Waals surface area contributed by atoms with E-state index in [-0.39, 0.29) is 11.9 Å². The zero-order valence-corrected chi connectivity index (χ0v) is 17.4. The number of aryl methyl sites for hydroxylation is 1. The summed E-state index contributed by atoms with van der Waals surface area (Å²) in [7, 11) is 1.90. The highest BCUT2D eigenvalue weighted by Crippen LogP contribution is 2.18. The quantitative estimate of drug-likeness (QED) is 0.729. The minimum absolute atomic E-state index is 0.0469. The Kier molecular flexibility index (Phi) is 5.07. The summed E-state index contributed by atoms with van der Waals surface area (Å²) in [6.07, 6.45) is 12.9. The molecule has 2 aliphatic rings. The average Bonchev–Trinajstić information content (AvgIpc) is 3.14. The molecule has 1 fully saturated rings. The van der Waals surface area contributed by atoms with Gasteiger partial charge in [-0.3, -0.25) is 4.79 Å². The first-order valence-electron chi connectivity index (χ1n) is 11.0. The highest BCUT2D eigenvalue weighted by Gasteiger charge is 2.18. The fraction of sp³-hybridized carbons (Fsp3) is 0.417. The monoisotopic (exact) mass is 401 g/mol. The van der Waals surface area contributed by atoms with Gasteiger partial charge in [0.2, 0.25) is 0 Å². The molecule has 6 heteroatoms. The summed E-state index contributed by atoms with van der Waals surface area (Å²) in [4.78, 5) is 17.7. The Bertz CT molecular complexity index is 1220. The minimum Gasteiger partial charge on any atom is -0.348 e. The number of aromatic nitrogens is 4. The third kappa shape index (κ3) is 3.74. The van der Waals surface area contributed by atoms with Gasteiger partial charge in [0.25, 0.3) is 5.91 Å². The zero-order chi connectivity index (χ0) is 20.5. The van der Waals surface area contributed by atoms with Crippen LogP contribution < -0.4 is 15.9 Å². The molecule has 1 N–H and O–H groups in total. The van der Waals surface area contributed by atoms with Crippen LogP contribution in [0.15, 0.2) is 24.3 Å². The summed E-state index contributed by atoms with van der Waals surface area (Å²) in [6.45, 7) is 0. The Morgan fingerprint density at radius 1 is 1.13 bits per heavy atom. The maximum Gasteiger partial charge on any atom is 0.270 e. The van der Waals surface area contributed by atoms with E-state index >= 15 is 0 Å². The summed E-state index contributed by atoms with van der Waals surface area (Å²) in [5, 5.41) is 13.7. The lowest BCUT2D eigenvalue weighted by atomic mass is 9.95. The van der Waals surface area contributed by atoms with Gasteiger partial charge < -0.3 is 5.32 Å². The molecule has 0 spiro atoms. The summed E-state index contributed by atoms with van der Waals surface area (Å²) in [5.41, 5.74) is 4.75. The lowest BCUT2D eigenvalue weighted by Gasteiger charge is -2.22. The van der Waals surface area contributed by atoms with Crippen molar-refractivity contribution in [1.82, 2.24) is 25.3 Å². The molecule has 1 saturated carbocycles. The smallest absolute Gasteiger partial charge is 0.270 e. The van der Waals surface area contributed by atoms with Crippen molar-refractivity contribution in [2.24, 2.45) is 7.05 Å². The van der Waals surface area contributed by atoms with Crippen LogP contribution in [-0.4, -0.2) is 31.9 Å². The molecule has 154 valence electrons. The number of fused-ring (bicyclic) bond motifs is 2. The summed E-state index contributed by atoms with van der Waals surface area (Å²) in [5.74, 6) is -0.0469. The van der Waals surface area contributed by atoms with Crippen LogP contribution >= 0.6 is 0 Å². The van der Waals surface area contributed by atoms with Crippen molar-refractivity contribution in [3.05, 3.63) is 51.7 Å². The number of hydrogen-bond acceptors (Lipinski definition) is 4. The molecule has 3 aromatic rings. The second-order valence-electron chi connectivity index (χ2n) is 8.47. The third-order valence-electron chi connectivity index (χ3n) is 6.27. The lowest BCUT2D eigenvalue weighted by molar-refractivity contribution is 0.0922. The Morgan fingerprint density at radius 3 is 2.83 bits per heavy atom. The molecule has 2 heterocycles. The van der Waals surface area contributed by atoms with Crippen molar-refractivity contribution in [3.8, 4) is 0 Å². The normalized spacial score (nSPS) is 16.6. The molecule has 6 nitrogen and oxygen atoms in total. The number of hydrogen-bond donors (Lipinski definition) is 1. The van der Waals surface area contributed by atoms with Crippen molar-refractivity contribution in [2.45, 2.75) is 57.4 Å². The van der Waals surface area contributed by atoms with E-state index in [2.05, 4.69) is 46.0 Å². The Hall–Kier alpha value is -3.02. The zero-order valence-electron chi connectivity index (χ0n) is 17.4. The van der Waals surface area contributed by atoms with E-state index in [0.29, 0.717) is 5.69 Å². The van der Waals surface area contributed by atoms with E-state index < -0.39 is 0 Å². The largest absolute Gasteiger partial charge is 0.348 e. The third-order valence-corrected chi connectivity index (χ3v) is 6.27. The van der Waals surface area contributed by atoms with Crippen LogP contribution in [0, 0.1) is 0 Å². The molecule has 1 aromatic carbocycles. The molecule has 0 aliphatic heterocycles. The first-order valence-corrected chi connectivity index (χ1v) is 11.0. The van der Waals surface area contributed by atoms with Gasteiger partial charge in [0, 0.05) is 13.1 Å². The van der Waals surface area contributed by atoms with Gasteiger partial charge in [0.15, 0.2) is 0 Å². The topological polar surface area (TPSA) is 72.7 Å². The van der Waals surface area contributed by atoms with Gasteiger partial charge in [0.1, 0.15) is 11.2 Å². The number of benzene rings is 1. The first-order chi connectivity index (χ1) is 14.7. The van der Waals surface area contributed by atoms with E-state index in [9.17, 15) is 4.79 Å². The number of pyridine rings is 1. The second-order valence-corrected chi connectivity index (χ2v) is 8.47. The van der Waals surface area contributed by atoms with Crippen LogP contribution in [0.1, 0.15) is 66.6 Å². The number of rotatable bonds is 4. The molecule has 1 amide bonds. The lowest BCUT2D eigenvalue weighted by Crippen LogP contribution is -2.40. The molecular weight excluding hydrogens is 374 g/mol. The van der Waals surface area contributed by atoms with Gasteiger partial charge in [-0.05, 0) is 66.6 Å². The molecule has 0 atom stereocenters.